The molecule has 2 aromatic carbocycles. The normalized spacial score (nSPS) is 18.4. The van der Waals surface area contributed by atoms with Gasteiger partial charge in [0.05, 0.1) is 17.2 Å². The Hall–Kier alpha value is -6.76. The zero-order valence-electron chi connectivity index (χ0n) is 43.4. The average molecular weight is 1060 g/mol. The van der Waals surface area contributed by atoms with Crippen LogP contribution < -0.4 is 16.4 Å². The summed E-state index contributed by atoms with van der Waals surface area (Å²) < 4.78 is 0. The van der Waals surface area contributed by atoms with Crippen LogP contribution in [-0.4, -0.2) is 139 Å². The molecule has 5 saturated heterocycles. The molecule has 5 aliphatic heterocycles. The summed E-state index contributed by atoms with van der Waals surface area (Å²) in [4.78, 5) is 82.6. The number of hydrogen-bond acceptors (Lipinski definition) is 14. The monoisotopic (exact) mass is 1060 g/mol. The summed E-state index contributed by atoms with van der Waals surface area (Å²) >= 11 is 3.32. The van der Waals surface area contributed by atoms with E-state index in [1.165, 1.54) is 0 Å². The van der Waals surface area contributed by atoms with Crippen LogP contribution in [0, 0.1) is 5.41 Å². The number of carbonyl (C=O) groups excluding carboxylic acids is 4. The van der Waals surface area contributed by atoms with Gasteiger partial charge in [-0.15, -0.1) is 22.7 Å². The molecule has 0 atom stereocenters. The Bertz CT molecular complexity index is 2960. The van der Waals surface area contributed by atoms with E-state index in [0.717, 1.165) is 116 Å². The van der Waals surface area contributed by atoms with E-state index in [4.69, 9.17) is 11.5 Å². The third kappa shape index (κ3) is 12.1. The Morgan fingerprint density at radius 3 is 1.57 bits per heavy atom. The maximum Gasteiger partial charge on any atom is 0.320 e. The first-order chi connectivity index (χ1) is 36.8. The van der Waals surface area contributed by atoms with Crippen molar-refractivity contribution in [1.82, 2.24) is 39.5 Å². The van der Waals surface area contributed by atoms with Crippen molar-refractivity contribution in [3.8, 4) is 20.9 Å². The van der Waals surface area contributed by atoms with Crippen LogP contribution >= 0.6 is 22.7 Å². The van der Waals surface area contributed by atoms with Gasteiger partial charge in [0, 0.05) is 130 Å². The molecule has 16 nitrogen and oxygen atoms in total. The van der Waals surface area contributed by atoms with Gasteiger partial charge in [-0.2, -0.15) is 0 Å². The molecule has 0 unspecified atom stereocenters. The summed E-state index contributed by atoms with van der Waals surface area (Å²) in [6.45, 7) is 9.10. The van der Waals surface area contributed by atoms with E-state index in [1.54, 1.807) is 47.5 Å². The van der Waals surface area contributed by atoms with Crippen molar-refractivity contribution in [2.24, 2.45) is 5.41 Å². The van der Waals surface area contributed by atoms with Gasteiger partial charge in [-0.05, 0) is 139 Å². The van der Waals surface area contributed by atoms with Crippen LogP contribution in [0.25, 0.3) is 20.9 Å². The molecule has 18 heteroatoms. The molecular formula is C58H69N11O5S2. The van der Waals surface area contributed by atoms with E-state index in [0.29, 0.717) is 79.7 Å². The Balaban J connectivity index is 0.000000173. The number of aliphatic hydroxyl groups excluding tert-OH is 1. The van der Waals surface area contributed by atoms with Crippen LogP contribution in [0.4, 0.5) is 26.9 Å². The quantitative estimate of drug-likeness (QED) is 0.0820. The van der Waals surface area contributed by atoms with Crippen molar-refractivity contribution in [2.75, 3.05) is 75.3 Å². The fourth-order valence-corrected chi connectivity index (χ4v) is 12.9. The zero-order valence-corrected chi connectivity index (χ0v) is 45.1. The van der Waals surface area contributed by atoms with Crippen molar-refractivity contribution >= 4 is 63.6 Å². The SMILES string of the molecule is CC1(Cc2ncc(C(=O)Cc3cc(-c4cccs4)ccc3N)cn2)CCN(C(=O)N2CCC(O)CC2)CC1.Nc1ccc(-c2cccs2)cc1CC(=O)c1cnc(N2CCCC23CCN(C(=O)N2CCCC2)CC3)nc1. The number of carbonyl (C=O) groups is 4. The predicted molar refractivity (Wildman–Crippen MR) is 300 cm³/mol. The summed E-state index contributed by atoms with van der Waals surface area (Å²) in [5, 5.41) is 13.8. The highest BCUT2D eigenvalue weighted by molar-refractivity contribution is 7.13. The lowest BCUT2D eigenvalue weighted by molar-refractivity contribution is 0.0676. The highest BCUT2D eigenvalue weighted by atomic mass is 32.1. The Morgan fingerprint density at radius 2 is 1.07 bits per heavy atom. The van der Waals surface area contributed by atoms with E-state index in [1.807, 2.05) is 78.9 Å². The number of thiophene rings is 2. The minimum Gasteiger partial charge on any atom is -0.398 e. The molecule has 0 aliphatic carbocycles. The number of likely N-dealkylation sites (tertiary alicyclic amines) is 4. The van der Waals surface area contributed by atoms with Crippen molar-refractivity contribution in [1.29, 1.82) is 0 Å². The van der Waals surface area contributed by atoms with Gasteiger partial charge in [-0.3, -0.25) is 9.59 Å². The fraction of sp³-hybridized carbons (Fsp3) is 0.448. The van der Waals surface area contributed by atoms with Gasteiger partial charge >= 0.3 is 12.1 Å². The molecule has 11 rings (SSSR count). The number of aromatic nitrogens is 4. The van der Waals surface area contributed by atoms with E-state index < -0.39 is 0 Å². The largest absolute Gasteiger partial charge is 0.398 e. The van der Waals surface area contributed by atoms with Gasteiger partial charge in [0.25, 0.3) is 0 Å². The number of rotatable bonds is 11. The van der Waals surface area contributed by atoms with Crippen LogP contribution in [0.5, 0.6) is 0 Å². The lowest BCUT2D eigenvalue weighted by Crippen LogP contribution is -2.55. The number of nitrogens with zero attached hydrogens (tertiary/aromatic N) is 9. The molecule has 76 heavy (non-hydrogen) atoms. The smallest absolute Gasteiger partial charge is 0.320 e. The molecule has 1 spiro atoms. The molecular weight excluding hydrogens is 995 g/mol. The van der Waals surface area contributed by atoms with Gasteiger partial charge in [0.1, 0.15) is 5.82 Å². The molecule has 0 saturated carbocycles. The number of amides is 4. The minimum absolute atomic E-state index is 0.00290. The third-order valence-electron chi connectivity index (χ3n) is 16.3. The van der Waals surface area contributed by atoms with Crippen molar-refractivity contribution in [3.05, 3.63) is 124 Å². The second kappa shape index (κ2) is 23.2. The zero-order chi connectivity index (χ0) is 52.8. The second-order valence-electron chi connectivity index (χ2n) is 21.6. The molecule has 6 aromatic rings. The Morgan fingerprint density at radius 1 is 0.592 bits per heavy atom. The highest BCUT2D eigenvalue weighted by Gasteiger charge is 2.45. The van der Waals surface area contributed by atoms with Gasteiger partial charge in [0.2, 0.25) is 5.95 Å². The van der Waals surface area contributed by atoms with Gasteiger partial charge in [0.15, 0.2) is 11.6 Å². The van der Waals surface area contributed by atoms with Crippen LogP contribution in [-0.2, 0) is 19.3 Å². The summed E-state index contributed by atoms with van der Waals surface area (Å²) in [6, 6.07) is 20.1. The predicted octanol–water partition coefficient (Wildman–Crippen LogP) is 9.30. The first-order valence-electron chi connectivity index (χ1n) is 26.9. The molecule has 398 valence electrons. The number of urea groups is 2. The lowest BCUT2D eigenvalue weighted by Gasteiger charge is -2.45. The number of piperidine rings is 3. The van der Waals surface area contributed by atoms with E-state index >= 15 is 0 Å². The summed E-state index contributed by atoms with van der Waals surface area (Å²) in [7, 11) is 0. The molecule has 0 bridgehead atoms. The maximum atomic E-state index is 13.1. The first kappa shape index (κ1) is 52.7. The standard InChI is InChI=1S/C29H34N6O2S.C29H35N5O3S/c30-24-7-6-21(26-5-3-16-38-26)17-22(24)18-25(36)23-19-31-27(32-20-23)35-13-4-8-29(35)9-14-34(15-10-29)28(37)33-11-1-2-12-33;1-29(8-12-34(13-9-29)28(37)33-10-6-23(35)7-11-33)17-27-31-18-22(19-32-27)25(36)16-21-15-20(4-5-24(21)30)26-3-2-14-38-26/h3,5-7,16-17,19-20H,1-2,4,8-15,18,30H2;2-5,14-15,18-19,23,35H,6-13,16-17,30H2,1H3. The third-order valence-corrected chi connectivity index (χ3v) is 18.2. The van der Waals surface area contributed by atoms with Crippen molar-refractivity contribution in [2.45, 2.75) is 102 Å². The van der Waals surface area contributed by atoms with Crippen LogP contribution in [0.3, 0.4) is 0 Å². The Kier molecular flexibility index (Phi) is 16.1. The Labute approximate surface area is 453 Å². The molecule has 9 heterocycles. The maximum absolute atomic E-state index is 13.1. The van der Waals surface area contributed by atoms with Gasteiger partial charge in [-0.1, -0.05) is 31.2 Å². The van der Waals surface area contributed by atoms with Crippen molar-refractivity contribution in [3.63, 3.8) is 0 Å². The number of benzene rings is 2. The highest BCUT2D eigenvalue weighted by Crippen LogP contribution is 2.41. The molecule has 0 radical (unpaired) electrons. The van der Waals surface area contributed by atoms with Crippen LogP contribution in [0.2, 0.25) is 0 Å². The topological polar surface area (TPSA) is 208 Å². The lowest BCUT2D eigenvalue weighted by atomic mass is 9.77. The number of hydrogen-bond donors (Lipinski definition) is 3. The minimum atomic E-state index is -0.286. The van der Waals surface area contributed by atoms with Crippen LogP contribution in [0.1, 0.15) is 109 Å². The fourth-order valence-electron chi connectivity index (χ4n) is 11.5. The average Bonchev–Trinajstić information content (AvgIpc) is 4.32. The number of nitrogen functional groups attached to an aromatic ring is 2. The van der Waals surface area contributed by atoms with E-state index in [2.05, 4.69) is 43.9 Å². The second-order valence-corrected chi connectivity index (χ2v) is 23.5. The molecule has 5 fully saturated rings. The molecule has 5 N–H and O–H groups in total. The number of nitrogens with two attached hydrogens (primary N) is 2. The van der Waals surface area contributed by atoms with Gasteiger partial charge in [-0.25, -0.2) is 29.5 Å². The summed E-state index contributed by atoms with van der Waals surface area (Å²) in [6.07, 6.45) is 16.7. The van der Waals surface area contributed by atoms with Crippen molar-refractivity contribution < 1.29 is 24.3 Å². The van der Waals surface area contributed by atoms with Gasteiger partial charge < -0.3 is 41.1 Å². The van der Waals surface area contributed by atoms with E-state index in [-0.39, 0.29) is 53.5 Å². The molecule has 4 aromatic heterocycles. The number of anilines is 3. The molecule has 4 amide bonds. The van der Waals surface area contributed by atoms with Crippen LogP contribution in [0.15, 0.2) is 96.2 Å². The summed E-state index contributed by atoms with van der Waals surface area (Å²) in [5.74, 6) is 1.29. The number of ketones is 2. The first-order valence-corrected chi connectivity index (χ1v) is 28.7. The molecule has 5 aliphatic rings. The number of Topliss-reactive ketones (excluding diaryl/α,β-unsaturated/α-hetero) is 2. The summed E-state index contributed by atoms with van der Waals surface area (Å²) in [5.41, 5.74) is 18.3. The van der Waals surface area contributed by atoms with E-state index in [9.17, 15) is 24.3 Å². The number of aliphatic hydroxyl groups is 1.